The molecule has 0 radical (unpaired) electrons. The van der Waals surface area contributed by atoms with Crippen molar-refractivity contribution < 1.29 is 9.53 Å². The fourth-order valence-corrected chi connectivity index (χ4v) is 3.64. The number of amides is 1. The molecule has 114 valence electrons. The van der Waals surface area contributed by atoms with Crippen LogP contribution in [0.5, 0.6) is 5.75 Å². The molecule has 0 spiro atoms. The predicted molar refractivity (Wildman–Crippen MR) is 89.3 cm³/mol. The van der Waals surface area contributed by atoms with Gasteiger partial charge in [-0.15, -0.1) is 11.8 Å². The van der Waals surface area contributed by atoms with Crippen LogP contribution in [0.3, 0.4) is 0 Å². The van der Waals surface area contributed by atoms with E-state index in [0.717, 1.165) is 17.9 Å². The molecule has 4 heteroatoms. The highest BCUT2D eigenvalue weighted by Gasteiger charge is 2.21. The molecule has 1 N–H and O–H groups in total. The number of benzene rings is 2. The summed E-state index contributed by atoms with van der Waals surface area (Å²) in [6, 6.07) is 16.1. The van der Waals surface area contributed by atoms with Crippen molar-refractivity contribution in [3.05, 3.63) is 59.7 Å². The number of fused-ring (bicyclic) bond motifs is 1. The number of hydrogen-bond acceptors (Lipinski definition) is 3. The van der Waals surface area contributed by atoms with Gasteiger partial charge in [-0.1, -0.05) is 35.9 Å². The summed E-state index contributed by atoms with van der Waals surface area (Å²) >= 11 is 1.85. The third-order valence-electron chi connectivity index (χ3n) is 3.68. The van der Waals surface area contributed by atoms with E-state index in [-0.39, 0.29) is 18.6 Å². The number of ether oxygens (including phenoxy) is 1. The first-order valence-electron chi connectivity index (χ1n) is 7.43. The summed E-state index contributed by atoms with van der Waals surface area (Å²) in [5.74, 6) is 1.67. The molecule has 1 atom stereocenters. The fraction of sp³-hybridized carbons (Fsp3) is 0.278. The first-order chi connectivity index (χ1) is 10.7. The molecule has 0 saturated carbocycles. The molecule has 1 aliphatic heterocycles. The van der Waals surface area contributed by atoms with Crippen LogP contribution in [0.25, 0.3) is 0 Å². The van der Waals surface area contributed by atoms with Crippen molar-refractivity contribution >= 4 is 17.7 Å². The molecule has 1 unspecified atom stereocenters. The fourth-order valence-electron chi connectivity index (χ4n) is 2.51. The molecule has 2 aromatic carbocycles. The molecule has 0 bridgehead atoms. The predicted octanol–water partition coefficient (Wildman–Crippen LogP) is 3.73. The smallest absolute Gasteiger partial charge is 0.258 e. The molecule has 1 heterocycles. The Kier molecular flexibility index (Phi) is 4.68. The molecular weight excluding hydrogens is 294 g/mol. The Bertz CT molecular complexity index is 654. The Morgan fingerprint density at radius 3 is 2.82 bits per heavy atom. The minimum atomic E-state index is -0.0766. The average molecular weight is 313 g/mol. The monoisotopic (exact) mass is 313 g/mol. The average Bonchev–Trinajstić information content (AvgIpc) is 2.55. The highest BCUT2D eigenvalue weighted by atomic mass is 32.2. The van der Waals surface area contributed by atoms with Crippen molar-refractivity contribution in [1.82, 2.24) is 5.32 Å². The van der Waals surface area contributed by atoms with Crippen LogP contribution in [0.4, 0.5) is 0 Å². The largest absolute Gasteiger partial charge is 0.484 e. The van der Waals surface area contributed by atoms with E-state index >= 15 is 0 Å². The summed E-state index contributed by atoms with van der Waals surface area (Å²) in [5.41, 5.74) is 2.38. The number of hydrogen-bond donors (Lipinski definition) is 1. The molecule has 1 amide bonds. The maximum atomic E-state index is 12.1. The molecule has 3 rings (SSSR count). The zero-order valence-corrected chi connectivity index (χ0v) is 13.4. The Hall–Kier alpha value is -1.94. The van der Waals surface area contributed by atoms with Gasteiger partial charge in [0.25, 0.3) is 5.91 Å². The maximum Gasteiger partial charge on any atom is 0.258 e. The van der Waals surface area contributed by atoms with Crippen molar-refractivity contribution in [3.63, 3.8) is 0 Å². The summed E-state index contributed by atoms with van der Waals surface area (Å²) < 4.78 is 5.54. The number of thioether (sulfide) groups is 1. The quantitative estimate of drug-likeness (QED) is 0.935. The number of nitrogens with one attached hydrogen (secondary N) is 1. The van der Waals surface area contributed by atoms with Gasteiger partial charge in [0.05, 0.1) is 6.04 Å². The minimum Gasteiger partial charge on any atom is -0.484 e. The number of rotatable bonds is 4. The summed E-state index contributed by atoms with van der Waals surface area (Å²) in [5, 5.41) is 3.08. The minimum absolute atomic E-state index is 0.0505. The second-order valence-corrected chi connectivity index (χ2v) is 6.53. The molecular formula is C18H19NO2S. The highest BCUT2D eigenvalue weighted by Crippen LogP contribution is 2.35. The lowest BCUT2D eigenvalue weighted by atomic mass is 10.0. The van der Waals surface area contributed by atoms with Gasteiger partial charge in [-0.25, -0.2) is 0 Å². The maximum absolute atomic E-state index is 12.1. The zero-order valence-electron chi connectivity index (χ0n) is 12.5. The second-order valence-electron chi connectivity index (χ2n) is 5.40. The SMILES string of the molecule is Cc1ccc(OCC(=O)NC2CCSc3ccccc32)cc1. The van der Waals surface area contributed by atoms with Crippen LogP contribution in [-0.2, 0) is 4.79 Å². The van der Waals surface area contributed by atoms with Gasteiger partial charge in [0.15, 0.2) is 6.61 Å². The van der Waals surface area contributed by atoms with Crippen molar-refractivity contribution in [2.45, 2.75) is 24.3 Å². The van der Waals surface area contributed by atoms with Gasteiger partial charge in [-0.2, -0.15) is 0 Å². The van der Waals surface area contributed by atoms with E-state index in [1.54, 1.807) is 0 Å². The lowest BCUT2D eigenvalue weighted by Gasteiger charge is -2.25. The summed E-state index contributed by atoms with van der Waals surface area (Å²) in [6.45, 7) is 2.07. The van der Waals surface area contributed by atoms with Crippen LogP contribution in [0.1, 0.15) is 23.6 Å². The van der Waals surface area contributed by atoms with Crippen LogP contribution in [0.15, 0.2) is 53.4 Å². The molecule has 0 aliphatic carbocycles. The van der Waals surface area contributed by atoms with Gasteiger partial charge >= 0.3 is 0 Å². The van der Waals surface area contributed by atoms with E-state index in [1.807, 2.05) is 55.1 Å². The van der Waals surface area contributed by atoms with E-state index in [2.05, 4.69) is 17.4 Å². The van der Waals surface area contributed by atoms with Crippen LogP contribution in [-0.4, -0.2) is 18.3 Å². The second kappa shape index (κ2) is 6.88. The van der Waals surface area contributed by atoms with E-state index in [4.69, 9.17) is 4.74 Å². The van der Waals surface area contributed by atoms with Crippen molar-refractivity contribution in [1.29, 1.82) is 0 Å². The standard InChI is InChI=1S/C18H19NO2S/c1-13-6-8-14(9-7-13)21-12-18(20)19-16-10-11-22-17-5-3-2-4-15(16)17/h2-9,16H,10-12H2,1H3,(H,19,20). The molecule has 2 aromatic rings. The highest BCUT2D eigenvalue weighted by molar-refractivity contribution is 7.99. The number of carbonyl (C=O) groups excluding carboxylic acids is 1. The summed E-state index contributed by atoms with van der Waals surface area (Å²) in [4.78, 5) is 13.4. The number of carbonyl (C=O) groups is 1. The first kappa shape index (κ1) is 15.0. The lowest BCUT2D eigenvalue weighted by Crippen LogP contribution is -2.34. The summed E-state index contributed by atoms with van der Waals surface area (Å²) in [7, 11) is 0. The molecule has 0 aromatic heterocycles. The van der Waals surface area contributed by atoms with Gasteiger partial charge < -0.3 is 10.1 Å². The summed E-state index contributed by atoms with van der Waals surface area (Å²) in [6.07, 6.45) is 0.956. The van der Waals surface area contributed by atoms with Crippen molar-refractivity contribution in [2.75, 3.05) is 12.4 Å². The third-order valence-corrected chi connectivity index (χ3v) is 4.81. The molecule has 22 heavy (non-hydrogen) atoms. The Labute approximate surface area is 135 Å². The third kappa shape index (κ3) is 3.63. The van der Waals surface area contributed by atoms with E-state index in [1.165, 1.54) is 16.0 Å². The molecule has 3 nitrogen and oxygen atoms in total. The van der Waals surface area contributed by atoms with Crippen LogP contribution >= 0.6 is 11.8 Å². The zero-order chi connectivity index (χ0) is 15.4. The van der Waals surface area contributed by atoms with Crippen LogP contribution < -0.4 is 10.1 Å². The normalized spacial score (nSPS) is 16.7. The molecule has 0 saturated heterocycles. The Morgan fingerprint density at radius 2 is 2.00 bits per heavy atom. The first-order valence-corrected chi connectivity index (χ1v) is 8.41. The van der Waals surface area contributed by atoms with E-state index in [9.17, 15) is 4.79 Å². The Morgan fingerprint density at radius 1 is 1.23 bits per heavy atom. The van der Waals surface area contributed by atoms with E-state index in [0.29, 0.717) is 0 Å². The van der Waals surface area contributed by atoms with Crippen molar-refractivity contribution in [3.8, 4) is 5.75 Å². The van der Waals surface area contributed by atoms with Crippen LogP contribution in [0, 0.1) is 6.92 Å². The van der Waals surface area contributed by atoms with Gasteiger partial charge in [0.1, 0.15) is 5.75 Å². The van der Waals surface area contributed by atoms with E-state index < -0.39 is 0 Å². The van der Waals surface area contributed by atoms with Crippen LogP contribution in [0.2, 0.25) is 0 Å². The lowest BCUT2D eigenvalue weighted by molar-refractivity contribution is -0.123. The van der Waals surface area contributed by atoms with Gasteiger partial charge in [0.2, 0.25) is 0 Å². The van der Waals surface area contributed by atoms with Gasteiger partial charge in [0, 0.05) is 10.6 Å². The Balaban J connectivity index is 1.57. The molecule has 1 aliphatic rings. The molecule has 0 fully saturated rings. The van der Waals surface area contributed by atoms with Crippen molar-refractivity contribution in [2.24, 2.45) is 0 Å². The van der Waals surface area contributed by atoms with Gasteiger partial charge in [-0.3, -0.25) is 4.79 Å². The topological polar surface area (TPSA) is 38.3 Å². The number of aryl methyl sites for hydroxylation is 1. The van der Waals surface area contributed by atoms with Gasteiger partial charge in [-0.05, 0) is 37.1 Å².